The summed E-state index contributed by atoms with van der Waals surface area (Å²) in [6, 6.07) is 18.3. The molecule has 2 aromatic carbocycles. The molecule has 0 fully saturated rings. The number of aryl methyl sites for hydroxylation is 1. The van der Waals surface area contributed by atoms with Gasteiger partial charge in [-0.3, -0.25) is 0 Å². The molecular formula is C20H21N3O. The van der Waals surface area contributed by atoms with E-state index < -0.39 is 0 Å². The Balaban J connectivity index is 1.52. The summed E-state index contributed by atoms with van der Waals surface area (Å²) < 4.78 is 7.87. The molecule has 2 heterocycles. The maximum absolute atomic E-state index is 5.86. The van der Waals surface area contributed by atoms with E-state index in [2.05, 4.69) is 36.5 Å². The Hall–Kier alpha value is -2.75. The average molecular weight is 319 g/mol. The summed E-state index contributed by atoms with van der Waals surface area (Å²) in [4.78, 5) is 0. The summed E-state index contributed by atoms with van der Waals surface area (Å²) in [5.41, 5.74) is 4.79. The number of nitrogens with one attached hydrogen (secondary N) is 1. The Morgan fingerprint density at radius 2 is 1.88 bits per heavy atom. The van der Waals surface area contributed by atoms with Crippen molar-refractivity contribution in [2.75, 3.05) is 11.9 Å². The lowest BCUT2D eigenvalue weighted by Gasteiger charge is -2.09. The SMILES string of the molecule is CCc1nn(-c2ccc(OCc3ccccc3)cc2)c2c1CCN2. The summed E-state index contributed by atoms with van der Waals surface area (Å²) in [5.74, 6) is 2.01. The molecule has 1 N–H and O–H groups in total. The van der Waals surface area contributed by atoms with Gasteiger partial charge in [-0.2, -0.15) is 5.10 Å². The lowest BCUT2D eigenvalue weighted by molar-refractivity contribution is 0.306. The van der Waals surface area contributed by atoms with Crippen molar-refractivity contribution in [3.05, 3.63) is 71.4 Å². The predicted octanol–water partition coefficient (Wildman–Crippen LogP) is 3.98. The summed E-state index contributed by atoms with van der Waals surface area (Å²) in [7, 11) is 0. The highest BCUT2D eigenvalue weighted by molar-refractivity contribution is 5.57. The Kier molecular flexibility index (Phi) is 3.95. The van der Waals surface area contributed by atoms with Crippen LogP contribution in [0.2, 0.25) is 0 Å². The molecule has 0 radical (unpaired) electrons. The molecule has 0 atom stereocenters. The van der Waals surface area contributed by atoms with E-state index in [4.69, 9.17) is 9.84 Å². The van der Waals surface area contributed by atoms with Crippen LogP contribution in [-0.2, 0) is 19.4 Å². The molecule has 4 rings (SSSR count). The molecular weight excluding hydrogens is 298 g/mol. The molecule has 24 heavy (non-hydrogen) atoms. The van der Waals surface area contributed by atoms with Gasteiger partial charge in [0.15, 0.2) is 0 Å². The zero-order valence-corrected chi connectivity index (χ0v) is 13.8. The first-order valence-corrected chi connectivity index (χ1v) is 8.47. The Bertz CT molecular complexity index is 822. The minimum Gasteiger partial charge on any atom is -0.489 e. The number of nitrogens with zero attached hydrogens (tertiary/aromatic N) is 2. The van der Waals surface area contributed by atoms with Crippen LogP contribution < -0.4 is 10.1 Å². The van der Waals surface area contributed by atoms with E-state index in [1.165, 1.54) is 16.8 Å². The van der Waals surface area contributed by atoms with E-state index in [1.807, 2.05) is 35.0 Å². The van der Waals surface area contributed by atoms with Gasteiger partial charge >= 0.3 is 0 Å². The normalized spacial score (nSPS) is 12.7. The molecule has 0 amide bonds. The highest BCUT2D eigenvalue weighted by Crippen LogP contribution is 2.29. The van der Waals surface area contributed by atoms with E-state index in [1.54, 1.807) is 0 Å². The van der Waals surface area contributed by atoms with Crippen LogP contribution in [0.1, 0.15) is 23.7 Å². The van der Waals surface area contributed by atoms with Gasteiger partial charge in [-0.1, -0.05) is 37.3 Å². The van der Waals surface area contributed by atoms with Gasteiger partial charge in [0.2, 0.25) is 0 Å². The van der Waals surface area contributed by atoms with E-state index in [9.17, 15) is 0 Å². The Morgan fingerprint density at radius 3 is 2.62 bits per heavy atom. The van der Waals surface area contributed by atoms with Crippen LogP contribution in [0.5, 0.6) is 5.75 Å². The number of aromatic nitrogens is 2. The maximum Gasteiger partial charge on any atom is 0.133 e. The van der Waals surface area contributed by atoms with E-state index >= 15 is 0 Å². The van der Waals surface area contributed by atoms with Gasteiger partial charge in [0.25, 0.3) is 0 Å². The highest BCUT2D eigenvalue weighted by Gasteiger charge is 2.21. The minimum absolute atomic E-state index is 0.582. The number of fused-ring (bicyclic) bond motifs is 1. The topological polar surface area (TPSA) is 39.1 Å². The van der Waals surface area contributed by atoms with Crippen LogP contribution in [0.3, 0.4) is 0 Å². The number of ether oxygens (including phenoxy) is 1. The lowest BCUT2D eigenvalue weighted by atomic mass is 10.2. The lowest BCUT2D eigenvalue weighted by Crippen LogP contribution is -2.04. The van der Waals surface area contributed by atoms with Crippen molar-refractivity contribution in [3.63, 3.8) is 0 Å². The fourth-order valence-corrected chi connectivity index (χ4v) is 3.14. The van der Waals surface area contributed by atoms with Gasteiger partial charge in [0, 0.05) is 12.1 Å². The summed E-state index contributed by atoms with van der Waals surface area (Å²) in [5, 5.41) is 8.21. The summed E-state index contributed by atoms with van der Waals surface area (Å²) in [6.45, 7) is 3.74. The molecule has 4 nitrogen and oxygen atoms in total. The number of rotatable bonds is 5. The van der Waals surface area contributed by atoms with E-state index in [0.717, 1.165) is 36.6 Å². The van der Waals surface area contributed by atoms with Crippen molar-refractivity contribution >= 4 is 5.82 Å². The van der Waals surface area contributed by atoms with Crippen molar-refractivity contribution in [1.29, 1.82) is 0 Å². The second kappa shape index (κ2) is 6.40. The molecule has 0 saturated carbocycles. The quantitative estimate of drug-likeness (QED) is 0.773. The van der Waals surface area contributed by atoms with Gasteiger partial charge < -0.3 is 10.1 Å². The van der Waals surface area contributed by atoms with Crippen LogP contribution in [0.25, 0.3) is 5.69 Å². The molecule has 0 spiro atoms. The standard InChI is InChI=1S/C20H21N3O/c1-2-19-18-12-13-21-20(18)23(22-19)16-8-10-17(11-9-16)24-14-15-6-4-3-5-7-15/h3-11,21H,2,12-14H2,1H3. The predicted molar refractivity (Wildman–Crippen MR) is 95.9 cm³/mol. The number of hydrogen-bond donors (Lipinski definition) is 1. The highest BCUT2D eigenvalue weighted by atomic mass is 16.5. The first kappa shape index (κ1) is 14.8. The van der Waals surface area contributed by atoms with Gasteiger partial charge in [-0.05, 0) is 42.7 Å². The second-order valence-corrected chi connectivity index (χ2v) is 5.98. The molecule has 3 aromatic rings. The average Bonchev–Trinajstić information content (AvgIpc) is 3.24. The molecule has 0 unspecified atom stereocenters. The first-order valence-electron chi connectivity index (χ1n) is 8.47. The first-order chi connectivity index (χ1) is 11.8. The van der Waals surface area contributed by atoms with Crippen molar-refractivity contribution in [1.82, 2.24) is 9.78 Å². The van der Waals surface area contributed by atoms with Gasteiger partial charge in [-0.15, -0.1) is 0 Å². The fourth-order valence-electron chi connectivity index (χ4n) is 3.14. The Labute approximate surface area is 142 Å². The van der Waals surface area contributed by atoms with Crippen LogP contribution in [0, 0.1) is 0 Å². The van der Waals surface area contributed by atoms with Crippen molar-refractivity contribution in [3.8, 4) is 11.4 Å². The minimum atomic E-state index is 0.582. The van der Waals surface area contributed by atoms with Crippen LogP contribution in [0.4, 0.5) is 5.82 Å². The van der Waals surface area contributed by atoms with Crippen LogP contribution >= 0.6 is 0 Å². The molecule has 0 bridgehead atoms. The largest absolute Gasteiger partial charge is 0.489 e. The number of hydrogen-bond acceptors (Lipinski definition) is 3. The summed E-state index contributed by atoms with van der Waals surface area (Å²) >= 11 is 0. The molecule has 1 aliphatic heterocycles. The molecule has 122 valence electrons. The van der Waals surface area contributed by atoms with Gasteiger partial charge in [0.05, 0.1) is 11.4 Å². The van der Waals surface area contributed by atoms with Crippen LogP contribution in [-0.4, -0.2) is 16.3 Å². The second-order valence-electron chi connectivity index (χ2n) is 5.98. The van der Waals surface area contributed by atoms with Gasteiger partial charge in [0.1, 0.15) is 18.2 Å². The number of anilines is 1. The van der Waals surface area contributed by atoms with E-state index in [0.29, 0.717) is 6.61 Å². The molecule has 0 aliphatic carbocycles. The molecule has 1 aliphatic rings. The van der Waals surface area contributed by atoms with E-state index in [-0.39, 0.29) is 0 Å². The molecule has 0 saturated heterocycles. The zero-order chi connectivity index (χ0) is 16.4. The number of benzene rings is 2. The third kappa shape index (κ3) is 2.75. The molecule has 1 aromatic heterocycles. The van der Waals surface area contributed by atoms with Crippen LogP contribution in [0.15, 0.2) is 54.6 Å². The third-order valence-corrected chi connectivity index (χ3v) is 4.40. The smallest absolute Gasteiger partial charge is 0.133 e. The zero-order valence-electron chi connectivity index (χ0n) is 13.8. The summed E-state index contributed by atoms with van der Waals surface area (Å²) in [6.07, 6.45) is 2.03. The third-order valence-electron chi connectivity index (χ3n) is 4.40. The Morgan fingerprint density at radius 1 is 1.08 bits per heavy atom. The van der Waals surface area contributed by atoms with Gasteiger partial charge in [-0.25, -0.2) is 4.68 Å². The maximum atomic E-state index is 5.86. The molecule has 4 heteroatoms. The van der Waals surface area contributed by atoms with Crippen molar-refractivity contribution in [2.45, 2.75) is 26.4 Å². The monoisotopic (exact) mass is 319 g/mol. The fraction of sp³-hybridized carbons (Fsp3) is 0.250. The van der Waals surface area contributed by atoms with Crippen molar-refractivity contribution < 1.29 is 4.74 Å². The van der Waals surface area contributed by atoms with Crippen molar-refractivity contribution in [2.24, 2.45) is 0 Å².